The van der Waals surface area contributed by atoms with Crippen molar-refractivity contribution in [3.63, 3.8) is 0 Å². The minimum atomic E-state index is -0.689. The number of nitrogens with one attached hydrogen (secondary N) is 3. The average Bonchev–Trinajstić information content (AvgIpc) is 3.18. The van der Waals surface area contributed by atoms with Gasteiger partial charge in [0.25, 0.3) is 5.91 Å². The number of halogens is 1. The Hall–Kier alpha value is -3.13. The van der Waals surface area contributed by atoms with Crippen LogP contribution in [-0.2, 0) is 16.0 Å². The highest BCUT2D eigenvalue weighted by Gasteiger charge is 2.39. The molecule has 4 rings (SSSR count). The molecule has 0 bridgehead atoms. The number of carbonyl (C=O) groups is 3. The van der Waals surface area contributed by atoms with Crippen molar-refractivity contribution in [2.45, 2.75) is 12.5 Å². The summed E-state index contributed by atoms with van der Waals surface area (Å²) in [4.78, 5) is 41.3. The lowest BCUT2D eigenvalue weighted by Gasteiger charge is -2.13. The first-order chi connectivity index (χ1) is 13.5. The molecule has 142 valence electrons. The Kier molecular flexibility index (Phi) is 4.87. The maximum Gasteiger partial charge on any atom is 0.325 e. The van der Waals surface area contributed by atoms with Gasteiger partial charge in [-0.05, 0) is 29.8 Å². The number of carbonyl (C=O) groups excluding carboxylic acids is 3. The van der Waals surface area contributed by atoms with Gasteiger partial charge in [-0.2, -0.15) is 0 Å². The van der Waals surface area contributed by atoms with Crippen LogP contribution in [0.15, 0.2) is 59.2 Å². The lowest BCUT2D eigenvalue weighted by molar-refractivity contribution is -0.130. The van der Waals surface area contributed by atoms with Gasteiger partial charge in [-0.15, -0.1) is 0 Å². The molecule has 0 aliphatic carbocycles. The highest BCUT2D eigenvalue weighted by molar-refractivity contribution is 9.10. The van der Waals surface area contributed by atoms with Crippen molar-refractivity contribution in [2.24, 2.45) is 0 Å². The summed E-state index contributed by atoms with van der Waals surface area (Å²) in [6.07, 6.45) is 2.20. The summed E-state index contributed by atoms with van der Waals surface area (Å²) in [5.74, 6) is -0.839. The predicted molar refractivity (Wildman–Crippen MR) is 109 cm³/mol. The molecular weight excluding hydrogens is 424 g/mol. The number of aromatic nitrogens is 1. The number of fused-ring (bicyclic) bond motifs is 1. The van der Waals surface area contributed by atoms with Crippen LogP contribution >= 0.6 is 15.9 Å². The molecule has 0 unspecified atom stereocenters. The summed E-state index contributed by atoms with van der Waals surface area (Å²) in [5, 5.41) is 6.37. The first-order valence-corrected chi connectivity index (χ1v) is 9.53. The Labute approximate surface area is 169 Å². The molecule has 1 aliphatic rings. The van der Waals surface area contributed by atoms with Crippen LogP contribution in [0.25, 0.3) is 10.9 Å². The van der Waals surface area contributed by atoms with Crippen LogP contribution in [-0.4, -0.2) is 40.3 Å². The number of hydrogen-bond acceptors (Lipinski definition) is 3. The van der Waals surface area contributed by atoms with Gasteiger partial charge in [-0.1, -0.05) is 40.2 Å². The van der Waals surface area contributed by atoms with Gasteiger partial charge in [0.05, 0.1) is 0 Å². The van der Waals surface area contributed by atoms with Crippen LogP contribution in [0.1, 0.15) is 5.56 Å². The second-order valence-corrected chi connectivity index (χ2v) is 7.46. The molecule has 4 amide bonds. The van der Waals surface area contributed by atoms with Crippen molar-refractivity contribution in [3.05, 3.63) is 64.8 Å². The maximum atomic E-state index is 12.7. The minimum Gasteiger partial charge on any atom is -0.361 e. The third-order valence-corrected chi connectivity index (χ3v) is 5.11. The standard InChI is InChI=1S/C20H17BrN4O3/c21-13-4-3-5-14(9-13)23-18(26)11-25-19(27)17(24-20(25)28)8-12-10-22-16-7-2-1-6-15(12)16/h1-7,9-10,17,22H,8,11H2,(H,23,26)(H,24,28)/t17-/m0/s1. The Morgan fingerprint density at radius 2 is 1.96 bits per heavy atom. The van der Waals surface area contributed by atoms with Gasteiger partial charge >= 0.3 is 6.03 Å². The topological polar surface area (TPSA) is 94.3 Å². The molecule has 2 aromatic carbocycles. The van der Waals surface area contributed by atoms with Gasteiger partial charge in [0.15, 0.2) is 0 Å². The summed E-state index contributed by atoms with van der Waals surface area (Å²) in [5.41, 5.74) is 2.50. The van der Waals surface area contributed by atoms with Crippen LogP contribution in [0.2, 0.25) is 0 Å². The number of para-hydroxylation sites is 1. The van der Waals surface area contributed by atoms with Gasteiger partial charge in [0.1, 0.15) is 12.6 Å². The number of urea groups is 1. The Balaban J connectivity index is 1.43. The number of benzene rings is 2. The molecule has 8 heteroatoms. The van der Waals surface area contributed by atoms with E-state index >= 15 is 0 Å². The first-order valence-electron chi connectivity index (χ1n) is 8.73. The Morgan fingerprint density at radius 3 is 2.79 bits per heavy atom. The van der Waals surface area contributed by atoms with Crippen molar-refractivity contribution in [1.82, 2.24) is 15.2 Å². The fourth-order valence-corrected chi connectivity index (χ4v) is 3.69. The van der Waals surface area contributed by atoms with E-state index in [1.807, 2.05) is 36.5 Å². The number of aromatic amines is 1. The molecule has 1 aliphatic heterocycles. The van der Waals surface area contributed by atoms with E-state index in [1.54, 1.807) is 18.2 Å². The SMILES string of the molecule is O=C(CN1C(=O)N[C@@H](Cc2c[nH]c3ccccc23)C1=O)Nc1cccc(Br)c1. The van der Waals surface area contributed by atoms with E-state index in [9.17, 15) is 14.4 Å². The highest BCUT2D eigenvalue weighted by atomic mass is 79.9. The fourth-order valence-electron chi connectivity index (χ4n) is 3.30. The predicted octanol–water partition coefficient (Wildman–Crippen LogP) is 3.03. The third kappa shape index (κ3) is 3.63. The quantitative estimate of drug-likeness (QED) is 0.532. The summed E-state index contributed by atoms with van der Waals surface area (Å²) in [6.45, 7) is -0.332. The number of rotatable bonds is 5. The lowest BCUT2D eigenvalue weighted by Crippen LogP contribution is -2.38. The van der Waals surface area contributed by atoms with Crippen LogP contribution < -0.4 is 10.6 Å². The van der Waals surface area contributed by atoms with Gasteiger partial charge in [-0.3, -0.25) is 14.5 Å². The number of anilines is 1. The third-order valence-electron chi connectivity index (χ3n) is 4.62. The molecular formula is C20H17BrN4O3. The van der Waals surface area contributed by atoms with Crippen molar-refractivity contribution in [3.8, 4) is 0 Å². The van der Waals surface area contributed by atoms with E-state index in [1.165, 1.54) is 0 Å². The fraction of sp³-hybridized carbons (Fsp3) is 0.150. The van der Waals surface area contributed by atoms with Gasteiger partial charge in [-0.25, -0.2) is 4.79 Å². The second kappa shape index (κ2) is 7.47. The zero-order valence-electron chi connectivity index (χ0n) is 14.7. The summed E-state index contributed by atoms with van der Waals surface area (Å²) >= 11 is 3.33. The maximum absolute atomic E-state index is 12.7. The van der Waals surface area contributed by atoms with E-state index in [-0.39, 0.29) is 6.54 Å². The molecule has 2 heterocycles. The zero-order chi connectivity index (χ0) is 19.7. The number of nitrogens with zero attached hydrogens (tertiary/aromatic N) is 1. The molecule has 3 N–H and O–H groups in total. The molecule has 1 aromatic heterocycles. The van der Waals surface area contributed by atoms with E-state index in [2.05, 4.69) is 31.5 Å². The molecule has 0 spiro atoms. The Bertz CT molecular complexity index is 1080. The van der Waals surface area contributed by atoms with Crippen molar-refractivity contribution >= 4 is 50.4 Å². The van der Waals surface area contributed by atoms with Gasteiger partial charge in [0.2, 0.25) is 5.91 Å². The number of amides is 4. The molecule has 1 atom stereocenters. The smallest absolute Gasteiger partial charge is 0.325 e. The van der Waals surface area contributed by atoms with E-state index in [0.717, 1.165) is 25.8 Å². The largest absolute Gasteiger partial charge is 0.361 e. The van der Waals surface area contributed by atoms with Crippen molar-refractivity contribution in [2.75, 3.05) is 11.9 Å². The summed E-state index contributed by atoms with van der Waals surface area (Å²) < 4.78 is 0.819. The molecule has 7 nitrogen and oxygen atoms in total. The molecule has 0 saturated carbocycles. The monoisotopic (exact) mass is 440 g/mol. The van der Waals surface area contributed by atoms with Crippen molar-refractivity contribution < 1.29 is 14.4 Å². The minimum absolute atomic E-state index is 0.332. The van der Waals surface area contributed by atoms with Crippen LogP contribution in [0.3, 0.4) is 0 Å². The molecule has 28 heavy (non-hydrogen) atoms. The molecule has 0 radical (unpaired) electrons. The van der Waals surface area contributed by atoms with Gasteiger partial charge in [0, 0.05) is 33.7 Å². The van der Waals surface area contributed by atoms with Crippen molar-refractivity contribution in [1.29, 1.82) is 0 Å². The van der Waals surface area contributed by atoms with E-state index in [0.29, 0.717) is 12.1 Å². The lowest BCUT2D eigenvalue weighted by atomic mass is 10.1. The second-order valence-electron chi connectivity index (χ2n) is 6.55. The zero-order valence-corrected chi connectivity index (χ0v) is 16.3. The number of H-pyrrole nitrogens is 1. The number of imide groups is 1. The van der Waals surface area contributed by atoms with E-state index in [4.69, 9.17) is 0 Å². The Morgan fingerprint density at radius 1 is 1.14 bits per heavy atom. The van der Waals surface area contributed by atoms with Crippen LogP contribution in [0.5, 0.6) is 0 Å². The average molecular weight is 441 g/mol. The normalized spacial score (nSPS) is 16.5. The molecule has 1 saturated heterocycles. The first kappa shape index (κ1) is 18.2. The summed E-state index contributed by atoms with van der Waals surface area (Å²) in [6, 6.07) is 13.6. The number of hydrogen-bond donors (Lipinski definition) is 3. The van der Waals surface area contributed by atoms with E-state index < -0.39 is 23.9 Å². The summed E-state index contributed by atoms with van der Waals surface area (Å²) in [7, 11) is 0. The highest BCUT2D eigenvalue weighted by Crippen LogP contribution is 2.21. The van der Waals surface area contributed by atoms with Crippen LogP contribution in [0.4, 0.5) is 10.5 Å². The molecule has 3 aromatic rings. The molecule has 1 fully saturated rings. The van der Waals surface area contributed by atoms with Crippen LogP contribution in [0, 0.1) is 0 Å². The van der Waals surface area contributed by atoms with Gasteiger partial charge < -0.3 is 15.6 Å².